The van der Waals surface area contributed by atoms with Gasteiger partial charge in [-0.1, -0.05) is 17.7 Å². The molecule has 0 radical (unpaired) electrons. The molecule has 0 atom stereocenters. The highest BCUT2D eigenvalue weighted by Crippen LogP contribution is 2.35. The third-order valence-corrected chi connectivity index (χ3v) is 4.79. The van der Waals surface area contributed by atoms with Crippen LogP contribution in [-0.4, -0.2) is 26.6 Å². The van der Waals surface area contributed by atoms with E-state index in [1.54, 1.807) is 38.4 Å². The smallest absolute Gasteiger partial charge is 0.244 e. The largest absolute Gasteiger partial charge is 0.492 e. The topological polar surface area (TPSA) is 77.5 Å². The third-order valence-electron chi connectivity index (χ3n) is 3.08. The molecule has 0 saturated carbocycles. The Balaban J connectivity index is 2.34. The Kier molecular flexibility index (Phi) is 6.42. The average Bonchev–Trinajstić information content (AvgIpc) is 2.57. The molecule has 1 heterocycles. The lowest BCUT2D eigenvalue weighted by atomic mass is 10.3. The van der Waals surface area contributed by atoms with Crippen LogP contribution in [0.5, 0.6) is 11.5 Å². The van der Waals surface area contributed by atoms with Crippen molar-refractivity contribution in [3.63, 3.8) is 0 Å². The maximum absolute atomic E-state index is 12.7. The van der Waals surface area contributed by atoms with E-state index in [-0.39, 0.29) is 17.2 Å². The first-order valence-corrected chi connectivity index (χ1v) is 9.31. The van der Waals surface area contributed by atoms with Gasteiger partial charge in [0, 0.05) is 31.1 Å². The molecule has 1 aromatic carbocycles. The predicted molar refractivity (Wildman–Crippen MR) is 92.1 cm³/mol. The van der Waals surface area contributed by atoms with Crippen molar-refractivity contribution in [3.8, 4) is 11.5 Å². The molecule has 1 aromatic heterocycles. The number of halogens is 1. The molecule has 0 aliphatic rings. The standard InChI is InChI=1S/C16H19ClN2O4S/c1-3-22-14-9-16(15(23-4-2)8-13(14)17)24(20,21)19-11-12-6-5-7-18-10-12/h5-10,19H,3-4,11H2,1-2H3. The second kappa shape index (κ2) is 8.32. The Morgan fingerprint density at radius 2 is 1.88 bits per heavy atom. The molecule has 2 rings (SSSR count). The van der Waals surface area contributed by atoms with E-state index in [0.29, 0.717) is 24.0 Å². The van der Waals surface area contributed by atoms with E-state index in [1.165, 1.54) is 12.1 Å². The molecule has 6 nitrogen and oxygen atoms in total. The van der Waals surface area contributed by atoms with Crippen molar-refractivity contribution in [1.82, 2.24) is 9.71 Å². The summed E-state index contributed by atoms with van der Waals surface area (Å²) in [6, 6.07) is 6.36. The summed E-state index contributed by atoms with van der Waals surface area (Å²) in [5.74, 6) is 0.481. The minimum atomic E-state index is -3.81. The zero-order chi connectivity index (χ0) is 17.6. The van der Waals surface area contributed by atoms with Gasteiger partial charge in [-0.05, 0) is 25.5 Å². The second-order valence-electron chi connectivity index (χ2n) is 4.78. The van der Waals surface area contributed by atoms with Gasteiger partial charge in [0.15, 0.2) is 0 Å². The fourth-order valence-electron chi connectivity index (χ4n) is 2.02. The van der Waals surface area contributed by atoms with E-state index >= 15 is 0 Å². The summed E-state index contributed by atoms with van der Waals surface area (Å²) in [6.07, 6.45) is 3.22. The van der Waals surface area contributed by atoms with Gasteiger partial charge in [0.2, 0.25) is 10.0 Å². The molecule has 0 aliphatic carbocycles. The fraction of sp³-hybridized carbons (Fsp3) is 0.312. The van der Waals surface area contributed by atoms with Gasteiger partial charge in [-0.25, -0.2) is 13.1 Å². The summed E-state index contributed by atoms with van der Waals surface area (Å²) in [7, 11) is -3.81. The monoisotopic (exact) mass is 370 g/mol. The van der Waals surface area contributed by atoms with Crippen molar-refractivity contribution in [2.24, 2.45) is 0 Å². The van der Waals surface area contributed by atoms with Gasteiger partial charge in [0.1, 0.15) is 16.4 Å². The van der Waals surface area contributed by atoms with Gasteiger partial charge < -0.3 is 9.47 Å². The van der Waals surface area contributed by atoms with Crippen LogP contribution in [0, 0.1) is 0 Å². The molecule has 0 amide bonds. The van der Waals surface area contributed by atoms with E-state index in [2.05, 4.69) is 9.71 Å². The van der Waals surface area contributed by atoms with Gasteiger partial charge in [-0.15, -0.1) is 0 Å². The molecule has 0 spiro atoms. The highest BCUT2D eigenvalue weighted by Gasteiger charge is 2.22. The van der Waals surface area contributed by atoms with E-state index in [4.69, 9.17) is 21.1 Å². The Labute approximate surface area is 146 Å². The number of aromatic nitrogens is 1. The predicted octanol–water partition coefficient (Wildman–Crippen LogP) is 3.01. The molecular weight excluding hydrogens is 352 g/mol. The van der Waals surface area contributed by atoms with E-state index in [1.807, 2.05) is 0 Å². The third kappa shape index (κ3) is 4.59. The van der Waals surface area contributed by atoms with Crippen molar-refractivity contribution >= 4 is 21.6 Å². The normalized spacial score (nSPS) is 11.3. The zero-order valence-electron chi connectivity index (χ0n) is 13.5. The first-order valence-electron chi connectivity index (χ1n) is 7.45. The lowest BCUT2D eigenvalue weighted by molar-refractivity contribution is 0.322. The number of ether oxygens (including phenoxy) is 2. The van der Waals surface area contributed by atoms with Crippen LogP contribution in [0.25, 0.3) is 0 Å². The van der Waals surface area contributed by atoms with Crippen LogP contribution >= 0.6 is 11.6 Å². The number of nitrogens with one attached hydrogen (secondary N) is 1. The molecule has 0 aliphatic heterocycles. The van der Waals surface area contributed by atoms with Gasteiger partial charge >= 0.3 is 0 Å². The lowest BCUT2D eigenvalue weighted by Gasteiger charge is -2.15. The van der Waals surface area contributed by atoms with Crippen LogP contribution < -0.4 is 14.2 Å². The minimum absolute atomic E-state index is 0.0129. The van der Waals surface area contributed by atoms with Crippen LogP contribution in [-0.2, 0) is 16.6 Å². The summed E-state index contributed by atoms with van der Waals surface area (Å²) in [5.41, 5.74) is 0.748. The molecule has 130 valence electrons. The van der Waals surface area contributed by atoms with Crippen molar-refractivity contribution in [1.29, 1.82) is 0 Å². The lowest BCUT2D eigenvalue weighted by Crippen LogP contribution is -2.24. The first-order chi connectivity index (χ1) is 11.5. The summed E-state index contributed by atoms with van der Waals surface area (Å²) in [5, 5.41) is 0.298. The zero-order valence-corrected chi connectivity index (χ0v) is 15.0. The number of hydrogen-bond acceptors (Lipinski definition) is 5. The van der Waals surface area contributed by atoms with Gasteiger partial charge in [0.05, 0.1) is 18.2 Å². The Morgan fingerprint density at radius 1 is 1.17 bits per heavy atom. The first kappa shape index (κ1) is 18.5. The molecule has 0 bridgehead atoms. The van der Waals surface area contributed by atoms with Crippen LogP contribution in [0.15, 0.2) is 41.6 Å². The molecule has 2 aromatic rings. The summed E-state index contributed by atoms with van der Waals surface area (Å²) >= 11 is 6.11. The van der Waals surface area contributed by atoms with E-state index in [9.17, 15) is 8.42 Å². The quantitative estimate of drug-likeness (QED) is 0.772. The molecular formula is C16H19ClN2O4S. The van der Waals surface area contributed by atoms with Crippen LogP contribution in [0.4, 0.5) is 0 Å². The second-order valence-corrected chi connectivity index (χ2v) is 6.92. The van der Waals surface area contributed by atoms with Crippen LogP contribution in [0.2, 0.25) is 5.02 Å². The van der Waals surface area contributed by atoms with Crippen molar-refractivity contribution < 1.29 is 17.9 Å². The van der Waals surface area contributed by atoms with Gasteiger partial charge in [0.25, 0.3) is 0 Å². The number of hydrogen-bond donors (Lipinski definition) is 1. The Hall–Kier alpha value is -1.83. The molecule has 8 heteroatoms. The SMILES string of the molecule is CCOc1cc(S(=O)(=O)NCc2cccnc2)c(OCC)cc1Cl. The molecule has 24 heavy (non-hydrogen) atoms. The number of sulfonamides is 1. The number of rotatable bonds is 8. The number of pyridine rings is 1. The highest BCUT2D eigenvalue weighted by atomic mass is 35.5. The van der Waals surface area contributed by atoms with Crippen molar-refractivity contribution in [2.45, 2.75) is 25.3 Å². The van der Waals surface area contributed by atoms with E-state index in [0.717, 1.165) is 5.56 Å². The summed E-state index contributed by atoms with van der Waals surface area (Å²) in [4.78, 5) is 3.95. The van der Waals surface area contributed by atoms with Gasteiger partial charge in [-0.3, -0.25) is 4.98 Å². The number of benzene rings is 1. The highest BCUT2D eigenvalue weighted by molar-refractivity contribution is 7.89. The molecule has 1 N–H and O–H groups in total. The maximum atomic E-state index is 12.7. The molecule has 0 saturated heterocycles. The van der Waals surface area contributed by atoms with Crippen molar-refractivity contribution in [3.05, 3.63) is 47.2 Å². The average molecular weight is 371 g/mol. The van der Waals surface area contributed by atoms with Crippen LogP contribution in [0.1, 0.15) is 19.4 Å². The maximum Gasteiger partial charge on any atom is 0.244 e. The Bertz CT molecular complexity index is 782. The minimum Gasteiger partial charge on any atom is -0.492 e. The summed E-state index contributed by atoms with van der Waals surface area (Å²) < 4.78 is 38.6. The van der Waals surface area contributed by atoms with E-state index < -0.39 is 10.0 Å². The van der Waals surface area contributed by atoms with Crippen LogP contribution in [0.3, 0.4) is 0 Å². The molecule has 0 unspecified atom stereocenters. The van der Waals surface area contributed by atoms with Gasteiger partial charge in [-0.2, -0.15) is 0 Å². The summed E-state index contributed by atoms with van der Waals surface area (Å²) in [6.45, 7) is 4.37. The van der Waals surface area contributed by atoms with Crippen molar-refractivity contribution in [2.75, 3.05) is 13.2 Å². The fourth-order valence-corrected chi connectivity index (χ4v) is 3.38. The number of nitrogens with zero attached hydrogens (tertiary/aromatic N) is 1. The molecule has 0 fully saturated rings. The Morgan fingerprint density at radius 3 is 2.50 bits per heavy atom.